The van der Waals surface area contributed by atoms with E-state index in [1.807, 2.05) is 6.92 Å². The fourth-order valence-corrected chi connectivity index (χ4v) is 1.97. The monoisotopic (exact) mass is 267 g/mol. The van der Waals surface area contributed by atoms with Gasteiger partial charge in [-0.2, -0.15) is 0 Å². The zero-order chi connectivity index (χ0) is 14.1. The highest BCUT2D eigenvalue weighted by molar-refractivity contribution is 5.76. The minimum atomic E-state index is -0.248. The molecule has 0 aromatic heterocycles. The minimum Gasteiger partial charge on any atom is -0.385 e. The Morgan fingerprint density at radius 1 is 1.37 bits per heavy atom. The number of hydrogen-bond acceptors (Lipinski definition) is 2. The fourth-order valence-electron chi connectivity index (χ4n) is 1.97. The molecule has 1 aromatic carbocycles. The van der Waals surface area contributed by atoms with Crippen LogP contribution in [0.4, 0.5) is 4.39 Å². The van der Waals surface area contributed by atoms with Gasteiger partial charge in [0.15, 0.2) is 0 Å². The molecule has 1 unspecified atom stereocenters. The summed E-state index contributed by atoms with van der Waals surface area (Å²) < 4.78 is 17.8. The third-order valence-corrected chi connectivity index (χ3v) is 3.11. The van der Waals surface area contributed by atoms with E-state index < -0.39 is 0 Å². The van der Waals surface area contributed by atoms with Crippen LogP contribution in [-0.4, -0.2) is 26.2 Å². The van der Waals surface area contributed by atoms with Gasteiger partial charge in [0.05, 0.1) is 0 Å². The Labute approximate surface area is 114 Å². The van der Waals surface area contributed by atoms with E-state index in [9.17, 15) is 9.18 Å². The van der Waals surface area contributed by atoms with Crippen molar-refractivity contribution in [3.05, 3.63) is 35.6 Å². The first-order chi connectivity index (χ1) is 9.17. The van der Waals surface area contributed by atoms with Crippen molar-refractivity contribution < 1.29 is 13.9 Å². The largest absolute Gasteiger partial charge is 0.385 e. The molecule has 1 rings (SSSR count). The molecule has 0 aliphatic carbocycles. The summed E-state index contributed by atoms with van der Waals surface area (Å²) in [7, 11) is 1.64. The van der Waals surface area contributed by atoms with E-state index in [1.165, 1.54) is 12.1 Å². The molecule has 0 saturated carbocycles. The molecule has 0 bridgehead atoms. The average molecular weight is 267 g/mol. The Kier molecular flexibility index (Phi) is 7.11. The summed E-state index contributed by atoms with van der Waals surface area (Å²) in [6.07, 6.45) is 2.11. The van der Waals surface area contributed by atoms with Crippen molar-refractivity contribution in [2.75, 3.05) is 20.3 Å². The molecular formula is C15H22FNO2. The highest BCUT2D eigenvalue weighted by Crippen LogP contribution is 2.23. The summed E-state index contributed by atoms with van der Waals surface area (Å²) >= 11 is 0. The molecule has 106 valence electrons. The van der Waals surface area contributed by atoms with Crippen LogP contribution in [0, 0.1) is 5.82 Å². The van der Waals surface area contributed by atoms with Crippen LogP contribution in [0.15, 0.2) is 24.3 Å². The third kappa shape index (κ3) is 5.83. The van der Waals surface area contributed by atoms with Gasteiger partial charge < -0.3 is 10.1 Å². The van der Waals surface area contributed by atoms with E-state index in [0.29, 0.717) is 19.6 Å². The molecule has 0 aliphatic rings. The van der Waals surface area contributed by atoms with E-state index in [1.54, 1.807) is 19.2 Å². The van der Waals surface area contributed by atoms with Crippen LogP contribution in [0.5, 0.6) is 0 Å². The second-order valence-corrected chi connectivity index (χ2v) is 4.56. The Balaban J connectivity index is 2.43. The van der Waals surface area contributed by atoms with Gasteiger partial charge in [-0.3, -0.25) is 4.79 Å². The van der Waals surface area contributed by atoms with Crippen molar-refractivity contribution in [2.45, 2.75) is 32.1 Å². The molecule has 0 fully saturated rings. The van der Waals surface area contributed by atoms with Gasteiger partial charge in [-0.25, -0.2) is 4.39 Å². The first-order valence-electron chi connectivity index (χ1n) is 6.68. The van der Waals surface area contributed by atoms with Crippen molar-refractivity contribution in [1.29, 1.82) is 0 Å². The molecule has 0 radical (unpaired) electrons. The Morgan fingerprint density at radius 2 is 2.05 bits per heavy atom. The lowest BCUT2D eigenvalue weighted by Crippen LogP contribution is -2.26. The molecule has 0 heterocycles. The molecule has 0 aliphatic heterocycles. The molecule has 4 heteroatoms. The summed E-state index contributed by atoms with van der Waals surface area (Å²) in [6, 6.07) is 6.38. The molecule has 19 heavy (non-hydrogen) atoms. The second kappa shape index (κ2) is 8.64. The predicted molar refractivity (Wildman–Crippen MR) is 73.6 cm³/mol. The summed E-state index contributed by atoms with van der Waals surface area (Å²) in [6.45, 7) is 3.31. The first-order valence-corrected chi connectivity index (χ1v) is 6.68. The quantitative estimate of drug-likeness (QED) is 0.735. The molecule has 3 nitrogen and oxygen atoms in total. The summed E-state index contributed by atoms with van der Waals surface area (Å²) in [5.74, 6) is -0.0714. The van der Waals surface area contributed by atoms with Gasteiger partial charge in [-0.1, -0.05) is 19.1 Å². The van der Waals surface area contributed by atoms with Crippen LogP contribution < -0.4 is 5.32 Å². The normalized spacial score (nSPS) is 12.2. The van der Waals surface area contributed by atoms with Crippen molar-refractivity contribution in [3.8, 4) is 0 Å². The highest BCUT2D eigenvalue weighted by Gasteiger charge is 2.14. The first kappa shape index (κ1) is 15.6. The Hall–Kier alpha value is -1.42. The highest BCUT2D eigenvalue weighted by atomic mass is 19.1. The standard InChI is InChI=1S/C15H22FNO2/c1-3-12(13-5-7-14(16)8-6-13)11-15(18)17-9-4-10-19-2/h5-8,12H,3-4,9-11H2,1-2H3,(H,17,18). The van der Waals surface area contributed by atoms with Crippen molar-refractivity contribution in [2.24, 2.45) is 0 Å². The van der Waals surface area contributed by atoms with Gasteiger partial charge in [0.2, 0.25) is 5.91 Å². The van der Waals surface area contributed by atoms with Gasteiger partial charge >= 0.3 is 0 Å². The number of methoxy groups -OCH3 is 1. The lowest BCUT2D eigenvalue weighted by Gasteiger charge is -2.15. The zero-order valence-electron chi connectivity index (χ0n) is 11.6. The smallest absolute Gasteiger partial charge is 0.220 e. The lowest BCUT2D eigenvalue weighted by atomic mass is 9.93. The zero-order valence-corrected chi connectivity index (χ0v) is 11.6. The van der Waals surface area contributed by atoms with E-state index in [4.69, 9.17) is 4.74 Å². The van der Waals surface area contributed by atoms with Gasteiger partial charge in [-0.05, 0) is 36.5 Å². The van der Waals surface area contributed by atoms with E-state index in [-0.39, 0.29) is 17.6 Å². The van der Waals surface area contributed by atoms with Gasteiger partial charge in [0, 0.05) is 26.7 Å². The van der Waals surface area contributed by atoms with Crippen LogP contribution in [0.25, 0.3) is 0 Å². The third-order valence-electron chi connectivity index (χ3n) is 3.11. The molecule has 0 saturated heterocycles. The maximum Gasteiger partial charge on any atom is 0.220 e. The van der Waals surface area contributed by atoms with E-state index >= 15 is 0 Å². The summed E-state index contributed by atoms with van der Waals surface area (Å²) in [4.78, 5) is 11.8. The van der Waals surface area contributed by atoms with Gasteiger partial charge in [0.25, 0.3) is 0 Å². The second-order valence-electron chi connectivity index (χ2n) is 4.56. The number of hydrogen-bond donors (Lipinski definition) is 1. The number of ether oxygens (including phenoxy) is 1. The molecule has 1 aromatic rings. The lowest BCUT2D eigenvalue weighted by molar-refractivity contribution is -0.121. The van der Waals surface area contributed by atoms with Gasteiger partial charge in [-0.15, -0.1) is 0 Å². The van der Waals surface area contributed by atoms with Crippen LogP contribution in [-0.2, 0) is 9.53 Å². The summed E-state index contributed by atoms with van der Waals surface area (Å²) in [5, 5.41) is 2.87. The number of nitrogens with one attached hydrogen (secondary N) is 1. The SMILES string of the molecule is CCC(CC(=O)NCCCOC)c1ccc(F)cc1. The maximum atomic E-state index is 12.9. The molecule has 1 atom stereocenters. The maximum absolute atomic E-state index is 12.9. The number of amides is 1. The average Bonchev–Trinajstić information content (AvgIpc) is 2.42. The van der Waals surface area contributed by atoms with Crippen molar-refractivity contribution in [1.82, 2.24) is 5.32 Å². The van der Waals surface area contributed by atoms with Crippen molar-refractivity contribution in [3.63, 3.8) is 0 Å². The summed E-state index contributed by atoms with van der Waals surface area (Å²) in [5.41, 5.74) is 1.01. The van der Waals surface area contributed by atoms with E-state index in [0.717, 1.165) is 18.4 Å². The van der Waals surface area contributed by atoms with Crippen LogP contribution in [0.1, 0.15) is 37.7 Å². The Bertz CT molecular complexity index is 378. The minimum absolute atomic E-state index is 0.0345. The molecular weight excluding hydrogens is 245 g/mol. The van der Waals surface area contributed by atoms with Crippen LogP contribution in [0.3, 0.4) is 0 Å². The number of halogens is 1. The number of carbonyl (C=O) groups is 1. The number of benzene rings is 1. The predicted octanol–water partition coefficient (Wildman–Crippen LogP) is 2.86. The van der Waals surface area contributed by atoms with Gasteiger partial charge in [0.1, 0.15) is 5.82 Å². The number of rotatable bonds is 8. The number of carbonyl (C=O) groups excluding carboxylic acids is 1. The van der Waals surface area contributed by atoms with Crippen molar-refractivity contribution >= 4 is 5.91 Å². The molecule has 1 N–H and O–H groups in total. The fraction of sp³-hybridized carbons (Fsp3) is 0.533. The molecule has 1 amide bonds. The van der Waals surface area contributed by atoms with Crippen LogP contribution in [0.2, 0.25) is 0 Å². The van der Waals surface area contributed by atoms with E-state index in [2.05, 4.69) is 5.32 Å². The topological polar surface area (TPSA) is 38.3 Å². The molecule has 0 spiro atoms. The Morgan fingerprint density at radius 3 is 2.63 bits per heavy atom. The van der Waals surface area contributed by atoms with Crippen LogP contribution >= 0.6 is 0 Å².